The van der Waals surface area contributed by atoms with Gasteiger partial charge in [-0.2, -0.15) is 0 Å². The van der Waals surface area contributed by atoms with E-state index in [9.17, 15) is 9.59 Å². The normalized spacial score (nSPS) is 33.6. The van der Waals surface area contributed by atoms with Gasteiger partial charge in [0.2, 0.25) is 0 Å². The number of piperidine rings is 1. The molecular weight excluding hydrogens is 274 g/mol. The van der Waals surface area contributed by atoms with Crippen LogP contribution in [0.1, 0.15) is 32.6 Å². The number of likely N-dealkylation sites (tertiary alicyclic amines) is 1. The molecule has 120 valence electrons. The number of nitrogens with zero attached hydrogens (tertiary/aromatic N) is 1. The van der Waals surface area contributed by atoms with Crippen LogP contribution in [0.4, 0.5) is 4.79 Å². The highest BCUT2D eigenvalue weighted by Gasteiger charge is 2.30. The number of carboxylic acids is 1. The number of hydrogen-bond donors (Lipinski definition) is 3. The maximum Gasteiger partial charge on any atom is 0.332 e. The molecule has 21 heavy (non-hydrogen) atoms. The summed E-state index contributed by atoms with van der Waals surface area (Å²) in [6.45, 7) is 3.50. The first kappa shape index (κ1) is 16.0. The van der Waals surface area contributed by atoms with Crippen LogP contribution >= 0.6 is 0 Å². The number of rotatable bonds is 4. The van der Waals surface area contributed by atoms with E-state index in [0.29, 0.717) is 25.4 Å². The highest BCUT2D eigenvalue weighted by molar-refractivity contribution is 5.74. The molecule has 2 fully saturated rings. The Morgan fingerprint density at radius 2 is 2.10 bits per heavy atom. The third-order valence-electron chi connectivity index (χ3n) is 4.42. The predicted octanol–water partition coefficient (Wildman–Crippen LogP) is 0.401. The first-order chi connectivity index (χ1) is 9.95. The standard InChI is InChI=1S/C14H25N3O4/c1-9-7-10(5-6-17(9)2)16-14(20)15-8-11-3-4-12(21-11)13(18)19/h9-12H,3-8H2,1-2H3,(H,18,19)(H2,15,16,20). The zero-order valence-corrected chi connectivity index (χ0v) is 12.7. The van der Waals surface area contributed by atoms with Crippen LogP contribution < -0.4 is 10.6 Å². The lowest BCUT2D eigenvalue weighted by Crippen LogP contribution is -2.50. The second-order valence-electron chi connectivity index (χ2n) is 6.07. The lowest BCUT2D eigenvalue weighted by atomic mass is 9.99. The fourth-order valence-corrected chi connectivity index (χ4v) is 2.90. The van der Waals surface area contributed by atoms with E-state index < -0.39 is 12.1 Å². The van der Waals surface area contributed by atoms with Gasteiger partial charge in [-0.05, 0) is 39.7 Å². The quantitative estimate of drug-likeness (QED) is 0.699. The van der Waals surface area contributed by atoms with Crippen molar-refractivity contribution in [2.24, 2.45) is 0 Å². The number of aliphatic carboxylic acids is 1. The molecule has 2 saturated heterocycles. The number of ether oxygens (including phenoxy) is 1. The van der Waals surface area contributed by atoms with Gasteiger partial charge in [-0.3, -0.25) is 0 Å². The number of carbonyl (C=O) groups is 2. The van der Waals surface area contributed by atoms with Gasteiger partial charge in [-0.15, -0.1) is 0 Å². The van der Waals surface area contributed by atoms with E-state index in [1.165, 1.54) is 0 Å². The Kier molecular flexibility index (Phi) is 5.41. The Bertz CT molecular complexity index is 390. The monoisotopic (exact) mass is 299 g/mol. The van der Waals surface area contributed by atoms with Gasteiger partial charge in [-0.1, -0.05) is 0 Å². The van der Waals surface area contributed by atoms with E-state index in [0.717, 1.165) is 19.4 Å². The fraction of sp³-hybridized carbons (Fsp3) is 0.857. The highest BCUT2D eigenvalue weighted by Crippen LogP contribution is 2.19. The van der Waals surface area contributed by atoms with Gasteiger partial charge in [-0.25, -0.2) is 9.59 Å². The van der Waals surface area contributed by atoms with Crippen LogP contribution in [0, 0.1) is 0 Å². The van der Waals surface area contributed by atoms with E-state index >= 15 is 0 Å². The molecule has 7 nitrogen and oxygen atoms in total. The van der Waals surface area contributed by atoms with Gasteiger partial charge in [0.25, 0.3) is 0 Å². The Balaban J connectivity index is 1.65. The number of hydrogen-bond acceptors (Lipinski definition) is 4. The van der Waals surface area contributed by atoms with Crippen molar-refractivity contribution in [3.8, 4) is 0 Å². The number of amides is 2. The van der Waals surface area contributed by atoms with Crippen molar-refractivity contribution in [3.63, 3.8) is 0 Å². The third kappa shape index (κ3) is 4.57. The van der Waals surface area contributed by atoms with Gasteiger partial charge in [0.05, 0.1) is 6.10 Å². The fourth-order valence-electron chi connectivity index (χ4n) is 2.90. The Morgan fingerprint density at radius 1 is 1.33 bits per heavy atom. The van der Waals surface area contributed by atoms with Crippen molar-refractivity contribution in [2.75, 3.05) is 20.1 Å². The minimum absolute atomic E-state index is 0.195. The molecule has 2 aliphatic heterocycles. The molecular formula is C14H25N3O4. The summed E-state index contributed by atoms with van der Waals surface area (Å²) >= 11 is 0. The molecule has 0 aliphatic carbocycles. The van der Waals surface area contributed by atoms with Crippen LogP contribution in [0.15, 0.2) is 0 Å². The predicted molar refractivity (Wildman–Crippen MR) is 77.2 cm³/mol. The van der Waals surface area contributed by atoms with Crippen molar-refractivity contribution in [1.29, 1.82) is 0 Å². The first-order valence-corrected chi connectivity index (χ1v) is 7.58. The molecule has 2 heterocycles. The average Bonchev–Trinajstić information content (AvgIpc) is 2.90. The molecule has 2 amide bonds. The molecule has 2 aliphatic rings. The van der Waals surface area contributed by atoms with Crippen molar-refractivity contribution < 1.29 is 19.4 Å². The molecule has 0 aromatic heterocycles. The van der Waals surface area contributed by atoms with Gasteiger partial charge in [0, 0.05) is 25.2 Å². The van der Waals surface area contributed by atoms with Crippen molar-refractivity contribution >= 4 is 12.0 Å². The molecule has 2 rings (SSSR count). The van der Waals surface area contributed by atoms with Crippen molar-refractivity contribution in [1.82, 2.24) is 15.5 Å². The van der Waals surface area contributed by atoms with Crippen molar-refractivity contribution in [2.45, 2.75) is 56.9 Å². The molecule has 0 radical (unpaired) electrons. The summed E-state index contributed by atoms with van der Waals surface area (Å²) in [4.78, 5) is 24.9. The van der Waals surface area contributed by atoms with Crippen LogP contribution in [-0.4, -0.2) is 66.4 Å². The maximum absolute atomic E-state index is 11.9. The summed E-state index contributed by atoms with van der Waals surface area (Å²) in [5.74, 6) is -0.928. The van der Waals surface area contributed by atoms with Crippen LogP contribution in [0.5, 0.6) is 0 Å². The minimum Gasteiger partial charge on any atom is -0.479 e. The summed E-state index contributed by atoms with van der Waals surface area (Å²) < 4.78 is 5.35. The van der Waals surface area contributed by atoms with E-state index in [-0.39, 0.29) is 18.2 Å². The lowest BCUT2D eigenvalue weighted by Gasteiger charge is -2.35. The zero-order chi connectivity index (χ0) is 15.4. The number of nitrogens with one attached hydrogen (secondary N) is 2. The molecule has 7 heteroatoms. The zero-order valence-electron chi connectivity index (χ0n) is 12.7. The minimum atomic E-state index is -0.928. The van der Waals surface area contributed by atoms with Crippen LogP contribution in [0.2, 0.25) is 0 Å². The largest absolute Gasteiger partial charge is 0.479 e. The summed E-state index contributed by atoms with van der Waals surface area (Å²) in [5.41, 5.74) is 0. The van der Waals surface area contributed by atoms with Crippen LogP contribution in [0.25, 0.3) is 0 Å². The number of urea groups is 1. The third-order valence-corrected chi connectivity index (χ3v) is 4.42. The highest BCUT2D eigenvalue weighted by atomic mass is 16.5. The van der Waals surface area contributed by atoms with Crippen LogP contribution in [0.3, 0.4) is 0 Å². The van der Waals surface area contributed by atoms with E-state index in [4.69, 9.17) is 9.84 Å². The molecule has 4 atom stereocenters. The summed E-state index contributed by atoms with van der Waals surface area (Å²) in [6, 6.07) is 0.477. The topological polar surface area (TPSA) is 90.9 Å². The molecule has 0 spiro atoms. The molecule has 4 unspecified atom stereocenters. The number of carboxylic acid groups (broad SMARTS) is 1. The summed E-state index contributed by atoms with van der Waals surface area (Å²) in [6.07, 6.45) is 2.15. The Morgan fingerprint density at radius 3 is 2.71 bits per heavy atom. The van der Waals surface area contributed by atoms with Gasteiger partial charge < -0.3 is 25.4 Å². The summed E-state index contributed by atoms with van der Waals surface area (Å²) in [7, 11) is 2.09. The van der Waals surface area contributed by atoms with Gasteiger partial charge in [0.15, 0.2) is 6.10 Å². The smallest absolute Gasteiger partial charge is 0.332 e. The van der Waals surface area contributed by atoms with E-state index in [1.54, 1.807) is 0 Å². The first-order valence-electron chi connectivity index (χ1n) is 7.58. The van der Waals surface area contributed by atoms with Gasteiger partial charge >= 0.3 is 12.0 Å². The second-order valence-corrected chi connectivity index (χ2v) is 6.07. The Labute approximate surface area is 125 Å². The number of carbonyl (C=O) groups excluding carboxylic acids is 1. The van der Waals surface area contributed by atoms with Crippen molar-refractivity contribution in [3.05, 3.63) is 0 Å². The van der Waals surface area contributed by atoms with Crippen LogP contribution in [-0.2, 0) is 9.53 Å². The molecule has 0 saturated carbocycles. The van der Waals surface area contributed by atoms with E-state index in [2.05, 4.69) is 29.5 Å². The SMILES string of the molecule is CC1CC(NC(=O)NCC2CCC(C(=O)O)O2)CCN1C. The molecule has 0 aromatic carbocycles. The summed E-state index contributed by atoms with van der Waals surface area (Å²) in [5, 5.41) is 14.6. The average molecular weight is 299 g/mol. The molecule has 0 bridgehead atoms. The maximum atomic E-state index is 11.9. The Hall–Kier alpha value is -1.34. The van der Waals surface area contributed by atoms with Gasteiger partial charge in [0.1, 0.15) is 0 Å². The van der Waals surface area contributed by atoms with E-state index in [1.807, 2.05) is 0 Å². The second kappa shape index (κ2) is 7.09. The molecule has 3 N–H and O–H groups in total. The molecule has 0 aromatic rings. The lowest BCUT2D eigenvalue weighted by molar-refractivity contribution is -0.149.